The van der Waals surface area contributed by atoms with Crippen LogP contribution in [0.4, 0.5) is 22.0 Å². The van der Waals surface area contributed by atoms with Crippen LogP contribution in [0.2, 0.25) is 5.02 Å². The summed E-state index contributed by atoms with van der Waals surface area (Å²) in [5.74, 6) is 1.06. The fraction of sp³-hybridized carbons (Fsp3) is 0.167. The Hall–Kier alpha value is -4.11. The van der Waals surface area contributed by atoms with Crippen LogP contribution in [0.25, 0.3) is 5.52 Å². The van der Waals surface area contributed by atoms with E-state index in [2.05, 4.69) is 25.9 Å². The van der Waals surface area contributed by atoms with Crippen LogP contribution >= 0.6 is 11.6 Å². The second-order valence-electron chi connectivity index (χ2n) is 8.10. The molecule has 2 aromatic heterocycles. The number of benzene rings is 2. The van der Waals surface area contributed by atoms with E-state index in [1.54, 1.807) is 54.9 Å². The quantitative estimate of drug-likeness (QED) is 0.328. The Morgan fingerprint density at radius 2 is 1.85 bits per heavy atom. The van der Waals surface area contributed by atoms with Crippen LogP contribution in [0, 0.1) is 0 Å². The molecule has 2 aromatic carbocycles. The Labute approximate surface area is 200 Å². The molecule has 0 spiro atoms. The molecular weight excluding hydrogens is 454 g/mol. The maximum Gasteiger partial charge on any atom is 0.319 e. The van der Waals surface area contributed by atoms with Crippen molar-refractivity contribution in [2.45, 2.75) is 25.3 Å². The van der Waals surface area contributed by atoms with Crippen molar-refractivity contribution in [1.82, 2.24) is 19.7 Å². The summed E-state index contributed by atoms with van der Waals surface area (Å²) in [6, 6.07) is 13.8. The van der Waals surface area contributed by atoms with E-state index in [0.29, 0.717) is 27.8 Å². The number of nitrogens with zero attached hydrogens (tertiary/aromatic N) is 3. The molecule has 9 nitrogen and oxygen atoms in total. The standard InChI is InChI=1S/C24H22ClN7O2/c25-16-4-2-6-18(12-16)30-24(34)28-13-14-3-1-5-17(11-14)29-23(33)19-20-21(26)27-9-10-32(20)22(31-19)15-7-8-15/h1-6,9-12,15H,7-8,13H2,(H2,26,27)(H,29,33)(H2,28,30,34). The van der Waals surface area contributed by atoms with Crippen LogP contribution in [-0.2, 0) is 6.54 Å². The summed E-state index contributed by atoms with van der Waals surface area (Å²) in [7, 11) is 0. The second-order valence-corrected chi connectivity index (χ2v) is 8.53. The number of carbonyl (C=O) groups excluding carboxylic acids is 2. The van der Waals surface area contributed by atoms with E-state index in [1.165, 1.54) is 0 Å². The van der Waals surface area contributed by atoms with Crippen molar-refractivity contribution in [1.29, 1.82) is 0 Å². The highest BCUT2D eigenvalue weighted by Crippen LogP contribution is 2.40. The van der Waals surface area contributed by atoms with Gasteiger partial charge in [0.15, 0.2) is 5.69 Å². The number of urea groups is 1. The van der Waals surface area contributed by atoms with E-state index in [-0.39, 0.29) is 30.0 Å². The Morgan fingerprint density at radius 1 is 1.09 bits per heavy atom. The summed E-state index contributed by atoms with van der Waals surface area (Å²) in [6.45, 7) is 0.270. The van der Waals surface area contributed by atoms with Gasteiger partial charge in [0, 0.05) is 41.3 Å². The lowest BCUT2D eigenvalue weighted by atomic mass is 10.2. The molecule has 0 bridgehead atoms. The second kappa shape index (κ2) is 9.03. The number of halogens is 1. The molecule has 5 N–H and O–H groups in total. The first kappa shape index (κ1) is 21.7. The number of hydrogen-bond donors (Lipinski definition) is 4. The van der Waals surface area contributed by atoms with Crippen LogP contribution in [0.15, 0.2) is 60.9 Å². The van der Waals surface area contributed by atoms with Gasteiger partial charge in [0.05, 0.1) is 0 Å². The molecule has 172 valence electrons. The van der Waals surface area contributed by atoms with Gasteiger partial charge in [-0.05, 0) is 48.7 Å². The van der Waals surface area contributed by atoms with Gasteiger partial charge in [0.25, 0.3) is 5.91 Å². The number of nitrogen functional groups attached to an aromatic ring is 1. The molecule has 3 amide bonds. The maximum atomic E-state index is 13.1. The fourth-order valence-corrected chi connectivity index (χ4v) is 3.94. The first-order valence-corrected chi connectivity index (χ1v) is 11.2. The van der Waals surface area contributed by atoms with Crippen molar-refractivity contribution >= 4 is 46.2 Å². The predicted molar refractivity (Wildman–Crippen MR) is 131 cm³/mol. The number of imidazole rings is 1. The van der Waals surface area contributed by atoms with Gasteiger partial charge in [-0.3, -0.25) is 9.20 Å². The number of fused-ring (bicyclic) bond motifs is 1. The lowest BCUT2D eigenvalue weighted by Gasteiger charge is -2.10. The van der Waals surface area contributed by atoms with E-state index in [4.69, 9.17) is 17.3 Å². The fourth-order valence-electron chi connectivity index (χ4n) is 3.75. The zero-order valence-electron chi connectivity index (χ0n) is 18.1. The van der Waals surface area contributed by atoms with Gasteiger partial charge in [0.1, 0.15) is 17.2 Å². The summed E-state index contributed by atoms with van der Waals surface area (Å²) < 4.78 is 1.85. The molecular formula is C24H22ClN7O2. The lowest BCUT2D eigenvalue weighted by Crippen LogP contribution is -2.28. The Bertz CT molecular complexity index is 1400. The van der Waals surface area contributed by atoms with Crippen LogP contribution in [-0.4, -0.2) is 26.3 Å². The number of amides is 3. The average molecular weight is 476 g/mol. The van der Waals surface area contributed by atoms with Crippen LogP contribution in [0.5, 0.6) is 0 Å². The largest absolute Gasteiger partial charge is 0.382 e. The summed E-state index contributed by atoms with van der Waals surface area (Å²) in [4.78, 5) is 34.0. The van der Waals surface area contributed by atoms with Crippen molar-refractivity contribution in [3.8, 4) is 0 Å². The van der Waals surface area contributed by atoms with E-state index >= 15 is 0 Å². The molecule has 5 rings (SSSR count). The molecule has 0 radical (unpaired) electrons. The van der Waals surface area contributed by atoms with Crippen molar-refractivity contribution in [2.24, 2.45) is 0 Å². The minimum absolute atomic E-state index is 0.247. The van der Waals surface area contributed by atoms with Gasteiger partial charge < -0.3 is 21.7 Å². The Morgan fingerprint density at radius 3 is 2.62 bits per heavy atom. The topological polar surface area (TPSA) is 126 Å². The molecule has 1 saturated carbocycles. The van der Waals surface area contributed by atoms with Gasteiger partial charge in [-0.25, -0.2) is 14.8 Å². The maximum absolute atomic E-state index is 13.1. The first-order valence-electron chi connectivity index (χ1n) is 10.8. The van der Waals surface area contributed by atoms with Crippen LogP contribution < -0.4 is 21.7 Å². The number of nitrogens with one attached hydrogen (secondary N) is 3. The minimum Gasteiger partial charge on any atom is -0.382 e. The summed E-state index contributed by atoms with van der Waals surface area (Å²) in [6.07, 6.45) is 5.48. The molecule has 0 saturated heterocycles. The van der Waals surface area contributed by atoms with E-state index in [9.17, 15) is 9.59 Å². The number of nitrogens with two attached hydrogens (primary N) is 1. The molecule has 34 heavy (non-hydrogen) atoms. The van der Waals surface area contributed by atoms with Crippen LogP contribution in [0.1, 0.15) is 40.6 Å². The van der Waals surface area contributed by atoms with Crippen molar-refractivity contribution in [3.05, 3.63) is 83.0 Å². The lowest BCUT2D eigenvalue weighted by molar-refractivity contribution is 0.102. The number of hydrogen-bond acceptors (Lipinski definition) is 5. The van der Waals surface area contributed by atoms with Gasteiger partial charge in [0.2, 0.25) is 0 Å². The SMILES string of the molecule is Nc1nccn2c(C3CC3)nc(C(=O)Nc3cccc(CNC(=O)Nc4cccc(Cl)c4)c3)c12. The Kier molecular flexibility index (Phi) is 5.77. The zero-order valence-corrected chi connectivity index (χ0v) is 18.8. The third-order valence-electron chi connectivity index (χ3n) is 5.49. The number of anilines is 3. The van der Waals surface area contributed by atoms with Crippen molar-refractivity contribution < 1.29 is 9.59 Å². The summed E-state index contributed by atoms with van der Waals surface area (Å²) in [5, 5.41) is 8.93. The first-order chi connectivity index (χ1) is 16.5. The summed E-state index contributed by atoms with van der Waals surface area (Å²) >= 11 is 5.94. The van der Waals surface area contributed by atoms with E-state index in [0.717, 1.165) is 24.2 Å². The third kappa shape index (κ3) is 4.65. The molecule has 10 heteroatoms. The van der Waals surface area contributed by atoms with Gasteiger partial charge in [-0.2, -0.15) is 0 Å². The molecule has 1 aliphatic rings. The molecule has 0 atom stereocenters. The number of carbonyl (C=O) groups is 2. The smallest absolute Gasteiger partial charge is 0.319 e. The predicted octanol–water partition coefficient (Wildman–Crippen LogP) is 4.42. The van der Waals surface area contributed by atoms with Gasteiger partial charge >= 0.3 is 6.03 Å². The molecule has 2 heterocycles. The molecule has 4 aromatic rings. The number of rotatable bonds is 6. The van der Waals surface area contributed by atoms with Crippen molar-refractivity contribution in [2.75, 3.05) is 16.4 Å². The summed E-state index contributed by atoms with van der Waals surface area (Å²) in [5.41, 5.74) is 8.82. The van der Waals surface area contributed by atoms with Crippen molar-refractivity contribution in [3.63, 3.8) is 0 Å². The normalized spacial score (nSPS) is 13.0. The highest BCUT2D eigenvalue weighted by atomic mass is 35.5. The Balaban J connectivity index is 1.27. The third-order valence-corrected chi connectivity index (χ3v) is 5.72. The molecule has 1 fully saturated rings. The highest BCUT2D eigenvalue weighted by Gasteiger charge is 2.31. The highest BCUT2D eigenvalue weighted by molar-refractivity contribution is 6.30. The van der Waals surface area contributed by atoms with Gasteiger partial charge in [-0.1, -0.05) is 29.8 Å². The number of aromatic nitrogens is 3. The van der Waals surface area contributed by atoms with E-state index in [1.807, 2.05) is 10.5 Å². The van der Waals surface area contributed by atoms with Gasteiger partial charge in [-0.15, -0.1) is 0 Å². The minimum atomic E-state index is -0.368. The monoisotopic (exact) mass is 475 g/mol. The van der Waals surface area contributed by atoms with E-state index < -0.39 is 0 Å². The molecule has 1 aliphatic carbocycles. The zero-order chi connectivity index (χ0) is 23.7. The van der Waals surface area contributed by atoms with Crippen LogP contribution in [0.3, 0.4) is 0 Å². The average Bonchev–Trinajstić information content (AvgIpc) is 3.58. The molecule has 0 unspecified atom stereocenters. The molecule has 0 aliphatic heterocycles.